The number of amides is 1. The van der Waals surface area contributed by atoms with Gasteiger partial charge in [-0.1, -0.05) is 0 Å². The number of nitrogens with two attached hydrogens (primary N) is 1. The second-order valence-electron chi connectivity index (χ2n) is 3.31. The fraction of sp³-hybridized carbons (Fsp3) is 0.0769. The van der Waals surface area contributed by atoms with E-state index in [1.807, 2.05) is 49.4 Å². The number of hydrogen-bond acceptors (Lipinski definition) is 2. The van der Waals surface area contributed by atoms with E-state index < -0.39 is 0 Å². The third-order valence-electron chi connectivity index (χ3n) is 1.78. The van der Waals surface area contributed by atoms with Gasteiger partial charge in [0, 0.05) is 6.92 Å². The summed E-state index contributed by atoms with van der Waals surface area (Å²) in [7, 11) is 0. The Morgan fingerprint density at radius 2 is 1.76 bits per heavy atom. The van der Waals surface area contributed by atoms with Crippen LogP contribution in [0.25, 0.3) is 11.3 Å². The SMILES string of the molecule is CC(N)=O.[Ir][c]1ccc(-c2ccccc2)nc1. The van der Waals surface area contributed by atoms with E-state index in [1.54, 1.807) is 0 Å². The van der Waals surface area contributed by atoms with Gasteiger partial charge in [-0.25, -0.2) is 0 Å². The van der Waals surface area contributed by atoms with Crippen molar-refractivity contribution >= 4 is 9.98 Å². The zero-order chi connectivity index (χ0) is 12.7. The first-order valence-corrected chi connectivity index (χ1v) is 6.20. The topological polar surface area (TPSA) is 56.0 Å². The maximum atomic E-state index is 9.22. The zero-order valence-electron chi connectivity index (χ0n) is 9.38. The minimum absolute atomic E-state index is 0.333. The van der Waals surface area contributed by atoms with E-state index in [4.69, 9.17) is 0 Å². The fourth-order valence-electron chi connectivity index (χ4n) is 1.15. The van der Waals surface area contributed by atoms with Crippen LogP contribution in [0.5, 0.6) is 0 Å². The molecule has 1 aromatic carbocycles. The first-order valence-electron chi connectivity index (χ1n) is 5.00. The van der Waals surface area contributed by atoms with Gasteiger partial charge in [-0.2, -0.15) is 0 Å². The van der Waals surface area contributed by atoms with Crippen molar-refractivity contribution in [3.05, 3.63) is 48.7 Å². The number of aromatic nitrogens is 1. The molecule has 2 aromatic rings. The Kier molecular flexibility index (Phi) is 5.53. The summed E-state index contributed by atoms with van der Waals surface area (Å²) in [5.74, 6) is -0.333. The Bertz CT molecular complexity index is 465. The molecule has 3 nitrogen and oxygen atoms in total. The molecular weight excluding hydrogens is 392 g/mol. The normalized spacial score (nSPS) is 9.12. The molecule has 1 aromatic heterocycles. The molecule has 4 heteroatoms. The van der Waals surface area contributed by atoms with Gasteiger partial charge in [-0.3, -0.25) is 4.79 Å². The van der Waals surface area contributed by atoms with E-state index in [2.05, 4.69) is 28.9 Å². The number of carbonyl (C=O) groups is 1. The fourth-order valence-corrected chi connectivity index (χ4v) is 1.50. The van der Waals surface area contributed by atoms with Crippen LogP contribution in [0.2, 0.25) is 0 Å². The maximum absolute atomic E-state index is 9.22. The van der Waals surface area contributed by atoms with Crippen molar-refractivity contribution in [2.24, 2.45) is 5.73 Å². The van der Waals surface area contributed by atoms with Crippen LogP contribution in [0.15, 0.2) is 48.7 Å². The molecular formula is C13H13IrN2O. The summed E-state index contributed by atoms with van der Waals surface area (Å²) in [6.07, 6.45) is 1.89. The van der Waals surface area contributed by atoms with Crippen LogP contribution >= 0.6 is 0 Å². The van der Waals surface area contributed by atoms with Gasteiger partial charge in [-0.15, -0.1) is 0 Å². The predicted molar refractivity (Wildman–Crippen MR) is 64.2 cm³/mol. The molecule has 0 atom stereocenters. The summed E-state index contributed by atoms with van der Waals surface area (Å²) < 4.78 is 1.19. The van der Waals surface area contributed by atoms with E-state index in [1.165, 1.54) is 16.6 Å². The van der Waals surface area contributed by atoms with E-state index in [0.717, 1.165) is 5.69 Å². The first kappa shape index (κ1) is 13.6. The van der Waals surface area contributed by atoms with Gasteiger partial charge in [0.2, 0.25) is 5.91 Å². The molecule has 0 aliphatic rings. The molecule has 0 spiro atoms. The van der Waals surface area contributed by atoms with Gasteiger partial charge < -0.3 is 5.73 Å². The molecule has 1 amide bonds. The van der Waals surface area contributed by atoms with Crippen molar-refractivity contribution < 1.29 is 23.7 Å². The van der Waals surface area contributed by atoms with Crippen molar-refractivity contribution in [1.82, 2.24) is 4.98 Å². The number of benzene rings is 1. The van der Waals surface area contributed by atoms with Crippen molar-refractivity contribution in [3.8, 4) is 11.3 Å². The van der Waals surface area contributed by atoms with Gasteiger partial charge in [0.05, 0.1) is 0 Å². The molecule has 2 N–H and O–H groups in total. The Hall–Kier alpha value is -1.51. The quantitative estimate of drug-likeness (QED) is 0.780. The van der Waals surface area contributed by atoms with Gasteiger partial charge in [0.25, 0.3) is 0 Å². The number of pyridine rings is 1. The summed E-state index contributed by atoms with van der Waals surface area (Å²) in [5.41, 5.74) is 6.67. The van der Waals surface area contributed by atoms with Gasteiger partial charge in [0.15, 0.2) is 0 Å². The van der Waals surface area contributed by atoms with E-state index in [0.29, 0.717) is 0 Å². The number of primary amides is 1. The van der Waals surface area contributed by atoms with Gasteiger partial charge >= 0.3 is 87.9 Å². The van der Waals surface area contributed by atoms with E-state index >= 15 is 0 Å². The molecule has 0 saturated carbocycles. The molecule has 17 heavy (non-hydrogen) atoms. The summed E-state index contributed by atoms with van der Waals surface area (Å²) in [4.78, 5) is 13.6. The molecule has 2 rings (SSSR count). The summed E-state index contributed by atoms with van der Waals surface area (Å²) in [6.45, 7) is 1.31. The predicted octanol–water partition coefficient (Wildman–Crippen LogP) is 1.41. The Balaban J connectivity index is 0.000000317. The molecule has 90 valence electrons. The van der Waals surface area contributed by atoms with Gasteiger partial charge in [0.1, 0.15) is 0 Å². The molecule has 0 bridgehead atoms. The molecule has 0 aliphatic carbocycles. The van der Waals surface area contributed by atoms with Crippen molar-refractivity contribution in [2.45, 2.75) is 6.92 Å². The Morgan fingerprint density at radius 3 is 2.24 bits per heavy atom. The standard InChI is InChI=1S/C11H8N.C2H5NO.Ir/c1-2-6-10(7-3-1)11-8-4-5-9-12-11;1-2(3)4;/h1-4,6-9H;1H3,(H2,3,4);. The van der Waals surface area contributed by atoms with Gasteiger partial charge in [-0.05, 0) is 0 Å². The summed E-state index contributed by atoms with van der Waals surface area (Å²) in [6, 6.07) is 14.3. The molecule has 0 fully saturated rings. The summed E-state index contributed by atoms with van der Waals surface area (Å²) >= 11 is 2.04. The first-order chi connectivity index (χ1) is 8.09. The second-order valence-corrected chi connectivity index (χ2v) is 4.70. The zero-order valence-corrected chi connectivity index (χ0v) is 11.8. The van der Waals surface area contributed by atoms with Crippen molar-refractivity contribution in [2.75, 3.05) is 0 Å². The number of hydrogen-bond donors (Lipinski definition) is 1. The molecule has 0 unspecified atom stereocenters. The Morgan fingerprint density at radius 1 is 1.18 bits per heavy atom. The van der Waals surface area contributed by atoms with Crippen LogP contribution in [-0.2, 0) is 23.7 Å². The monoisotopic (exact) mass is 406 g/mol. The van der Waals surface area contributed by atoms with Crippen LogP contribution in [-0.4, -0.2) is 10.9 Å². The van der Waals surface area contributed by atoms with Crippen LogP contribution in [0.4, 0.5) is 0 Å². The average molecular weight is 405 g/mol. The number of nitrogens with zero attached hydrogens (tertiary/aromatic N) is 1. The summed E-state index contributed by atoms with van der Waals surface area (Å²) in [5, 5.41) is 0. The average Bonchev–Trinajstić information content (AvgIpc) is 2.30. The van der Waals surface area contributed by atoms with E-state index in [9.17, 15) is 4.79 Å². The molecule has 0 radical (unpaired) electrons. The second kappa shape index (κ2) is 6.94. The van der Waals surface area contributed by atoms with Crippen LogP contribution < -0.4 is 9.81 Å². The molecule has 0 saturated heterocycles. The van der Waals surface area contributed by atoms with E-state index in [-0.39, 0.29) is 5.91 Å². The van der Waals surface area contributed by atoms with Crippen LogP contribution in [0.1, 0.15) is 6.92 Å². The molecule has 1 heterocycles. The number of rotatable bonds is 1. The van der Waals surface area contributed by atoms with Crippen molar-refractivity contribution in [1.29, 1.82) is 0 Å². The molecule has 0 aliphatic heterocycles. The van der Waals surface area contributed by atoms with Crippen LogP contribution in [0.3, 0.4) is 0 Å². The number of carbonyl (C=O) groups excluding carboxylic acids is 1. The third kappa shape index (κ3) is 5.38. The van der Waals surface area contributed by atoms with Crippen molar-refractivity contribution in [3.63, 3.8) is 0 Å². The Labute approximate surface area is 111 Å². The van der Waals surface area contributed by atoms with Crippen LogP contribution in [0, 0.1) is 0 Å². The third-order valence-corrected chi connectivity index (χ3v) is 2.49. The minimum atomic E-state index is -0.333.